The molecule has 0 bridgehead atoms. The number of nitrogens with zero attached hydrogens (tertiary/aromatic N) is 1. The van der Waals surface area contributed by atoms with Crippen LogP contribution in [0.25, 0.3) is 0 Å². The van der Waals surface area contributed by atoms with E-state index in [0.29, 0.717) is 37.1 Å². The van der Waals surface area contributed by atoms with Gasteiger partial charge in [0.15, 0.2) is 0 Å². The first-order valence-electron chi connectivity index (χ1n) is 11.6. The minimum absolute atomic E-state index is 0.0172. The Morgan fingerprint density at radius 2 is 1.70 bits per heavy atom. The summed E-state index contributed by atoms with van der Waals surface area (Å²) in [7, 11) is 0. The Labute approximate surface area is 178 Å². The second-order valence-electron chi connectivity index (χ2n) is 10.6. The number of rotatable bonds is 8. The van der Waals surface area contributed by atoms with Crippen molar-refractivity contribution in [2.75, 3.05) is 6.54 Å². The van der Waals surface area contributed by atoms with E-state index in [9.17, 15) is 19.2 Å². The van der Waals surface area contributed by atoms with Crippen LogP contribution in [0.5, 0.6) is 0 Å². The number of hydrogen-bond donors (Lipinski definition) is 2. The SMILES string of the molecule is CC1(C)[C@@H]2[C@@H](C(=O)NC(CC3CC3)C(=O)C(N)=O)N(C(=O)CC3CCCCC3)C[C@@H]21. The second kappa shape index (κ2) is 7.97. The molecule has 0 radical (unpaired) electrons. The number of nitrogens with one attached hydrogen (secondary N) is 1. The third-order valence-corrected chi connectivity index (χ3v) is 8.13. The average molecular weight is 418 g/mol. The van der Waals surface area contributed by atoms with Crippen LogP contribution < -0.4 is 11.1 Å². The van der Waals surface area contributed by atoms with Gasteiger partial charge in [0.25, 0.3) is 5.91 Å². The summed E-state index contributed by atoms with van der Waals surface area (Å²) in [5.41, 5.74) is 5.23. The molecule has 4 rings (SSSR count). The minimum atomic E-state index is -1.01. The lowest BCUT2D eigenvalue weighted by molar-refractivity contribution is -0.143. The van der Waals surface area contributed by atoms with E-state index < -0.39 is 23.8 Å². The third kappa shape index (κ3) is 4.12. The lowest BCUT2D eigenvalue weighted by Crippen LogP contribution is -2.55. The predicted octanol–water partition coefficient (Wildman–Crippen LogP) is 1.78. The highest BCUT2D eigenvalue weighted by Gasteiger charge is 2.69. The molecule has 3 amide bonds. The molecule has 4 aliphatic rings. The number of fused-ring (bicyclic) bond motifs is 1. The van der Waals surface area contributed by atoms with Crippen LogP contribution in [-0.4, -0.2) is 47.0 Å². The average Bonchev–Trinajstić information content (AvgIpc) is 3.54. The van der Waals surface area contributed by atoms with Crippen molar-refractivity contribution >= 4 is 23.5 Å². The predicted molar refractivity (Wildman–Crippen MR) is 111 cm³/mol. The lowest BCUT2D eigenvalue weighted by Gasteiger charge is -2.32. The Hall–Kier alpha value is -1.92. The summed E-state index contributed by atoms with van der Waals surface area (Å²) in [4.78, 5) is 51.9. The molecule has 1 unspecified atom stereocenters. The summed E-state index contributed by atoms with van der Waals surface area (Å²) in [5.74, 6) is -0.789. The number of carbonyl (C=O) groups is 4. The molecule has 4 fully saturated rings. The number of likely N-dealkylation sites (tertiary alicyclic amines) is 1. The van der Waals surface area contributed by atoms with Gasteiger partial charge in [-0.2, -0.15) is 0 Å². The van der Waals surface area contributed by atoms with Crippen molar-refractivity contribution in [3.05, 3.63) is 0 Å². The van der Waals surface area contributed by atoms with Crippen LogP contribution in [0.15, 0.2) is 0 Å². The lowest BCUT2D eigenvalue weighted by atomic mass is 9.86. The fourth-order valence-electron chi connectivity index (χ4n) is 5.95. The van der Waals surface area contributed by atoms with E-state index >= 15 is 0 Å². The summed E-state index contributed by atoms with van der Waals surface area (Å²) in [6.07, 6.45) is 8.75. The van der Waals surface area contributed by atoms with Gasteiger partial charge in [0.1, 0.15) is 6.04 Å². The zero-order valence-corrected chi connectivity index (χ0v) is 18.2. The Balaban J connectivity index is 1.46. The van der Waals surface area contributed by atoms with Gasteiger partial charge in [-0.05, 0) is 48.3 Å². The molecule has 7 nitrogen and oxygen atoms in total. The van der Waals surface area contributed by atoms with Crippen molar-refractivity contribution in [3.63, 3.8) is 0 Å². The van der Waals surface area contributed by atoms with Gasteiger partial charge in [0, 0.05) is 13.0 Å². The number of hydrogen-bond acceptors (Lipinski definition) is 4. The maximum absolute atomic E-state index is 13.3. The van der Waals surface area contributed by atoms with Crippen molar-refractivity contribution in [1.82, 2.24) is 10.2 Å². The van der Waals surface area contributed by atoms with Gasteiger partial charge in [-0.15, -0.1) is 0 Å². The molecule has 0 aromatic heterocycles. The molecule has 0 aromatic rings. The van der Waals surface area contributed by atoms with Crippen molar-refractivity contribution in [2.24, 2.45) is 34.8 Å². The Morgan fingerprint density at radius 1 is 1.03 bits per heavy atom. The summed E-state index contributed by atoms with van der Waals surface area (Å²) < 4.78 is 0. The number of ketones is 1. The van der Waals surface area contributed by atoms with Gasteiger partial charge in [-0.3, -0.25) is 19.2 Å². The van der Waals surface area contributed by atoms with E-state index in [4.69, 9.17) is 5.73 Å². The quantitative estimate of drug-likeness (QED) is 0.587. The number of Topliss-reactive ketones (excluding diaryl/α,β-unsaturated/α-hetero) is 1. The number of amides is 3. The summed E-state index contributed by atoms with van der Waals surface area (Å²) in [6.45, 7) is 4.89. The molecule has 1 aliphatic heterocycles. The minimum Gasteiger partial charge on any atom is -0.363 e. The molecule has 4 atom stereocenters. The summed E-state index contributed by atoms with van der Waals surface area (Å²) in [5, 5.41) is 2.81. The molecule has 1 heterocycles. The van der Waals surface area contributed by atoms with Crippen LogP contribution in [0.2, 0.25) is 0 Å². The van der Waals surface area contributed by atoms with Gasteiger partial charge in [-0.1, -0.05) is 46.0 Å². The van der Waals surface area contributed by atoms with Crippen LogP contribution in [0.3, 0.4) is 0 Å². The first-order chi connectivity index (χ1) is 14.2. The van der Waals surface area contributed by atoms with E-state index in [0.717, 1.165) is 25.7 Å². The Kier molecular flexibility index (Phi) is 5.66. The summed E-state index contributed by atoms with van der Waals surface area (Å²) >= 11 is 0. The number of piperidine rings is 1. The molecule has 3 saturated carbocycles. The van der Waals surface area contributed by atoms with Gasteiger partial charge in [0.05, 0.1) is 6.04 Å². The molecule has 3 N–H and O–H groups in total. The maximum atomic E-state index is 13.3. The van der Waals surface area contributed by atoms with Crippen LogP contribution in [0.1, 0.15) is 71.6 Å². The Bertz CT molecular complexity index is 739. The van der Waals surface area contributed by atoms with E-state index in [-0.39, 0.29) is 23.1 Å². The highest BCUT2D eigenvalue weighted by molar-refractivity contribution is 6.37. The van der Waals surface area contributed by atoms with Crippen LogP contribution >= 0.6 is 0 Å². The van der Waals surface area contributed by atoms with Gasteiger partial charge in [-0.25, -0.2) is 0 Å². The zero-order valence-electron chi connectivity index (χ0n) is 18.2. The Morgan fingerprint density at radius 3 is 2.30 bits per heavy atom. The fraction of sp³-hybridized carbons (Fsp3) is 0.826. The fourth-order valence-corrected chi connectivity index (χ4v) is 5.95. The second-order valence-corrected chi connectivity index (χ2v) is 10.6. The number of primary amides is 1. The van der Waals surface area contributed by atoms with E-state index in [1.807, 2.05) is 0 Å². The topological polar surface area (TPSA) is 110 Å². The molecule has 166 valence electrons. The van der Waals surface area contributed by atoms with Crippen LogP contribution in [0, 0.1) is 29.1 Å². The van der Waals surface area contributed by atoms with E-state index in [1.54, 1.807) is 4.90 Å². The van der Waals surface area contributed by atoms with Gasteiger partial charge in [0.2, 0.25) is 17.6 Å². The third-order valence-electron chi connectivity index (χ3n) is 8.13. The monoisotopic (exact) mass is 417 g/mol. The molecular weight excluding hydrogens is 382 g/mol. The number of nitrogens with two attached hydrogens (primary N) is 1. The highest BCUT2D eigenvalue weighted by Crippen LogP contribution is 2.65. The van der Waals surface area contributed by atoms with Gasteiger partial charge < -0.3 is 16.0 Å². The maximum Gasteiger partial charge on any atom is 0.287 e. The van der Waals surface area contributed by atoms with Crippen molar-refractivity contribution in [2.45, 2.75) is 83.7 Å². The smallest absolute Gasteiger partial charge is 0.287 e. The normalized spacial score (nSPS) is 31.0. The highest BCUT2D eigenvalue weighted by atomic mass is 16.2. The molecular formula is C23H35N3O4. The molecule has 1 saturated heterocycles. The van der Waals surface area contributed by atoms with Crippen molar-refractivity contribution in [1.29, 1.82) is 0 Å². The first-order valence-corrected chi connectivity index (χ1v) is 11.6. The molecule has 0 spiro atoms. The molecule has 30 heavy (non-hydrogen) atoms. The standard InChI is InChI=1S/C23H35N3O4/c1-23(2)15-12-26(17(27)11-13-6-4-3-5-7-13)19(18(15)23)22(30)25-16(10-14-8-9-14)20(28)21(24)29/h13-16,18-19H,3-12H2,1-2H3,(H2,24,29)(H,25,30)/t15-,16?,18-,19-/m0/s1. The molecule has 0 aromatic carbocycles. The van der Waals surface area contributed by atoms with E-state index in [2.05, 4.69) is 19.2 Å². The first kappa shape index (κ1) is 21.3. The molecule has 7 heteroatoms. The van der Waals surface area contributed by atoms with Crippen molar-refractivity contribution in [3.8, 4) is 0 Å². The van der Waals surface area contributed by atoms with E-state index in [1.165, 1.54) is 19.3 Å². The van der Waals surface area contributed by atoms with Gasteiger partial charge >= 0.3 is 0 Å². The zero-order chi connectivity index (χ0) is 21.6. The van der Waals surface area contributed by atoms with Crippen molar-refractivity contribution < 1.29 is 19.2 Å². The largest absolute Gasteiger partial charge is 0.363 e. The summed E-state index contributed by atoms with van der Waals surface area (Å²) in [6, 6.07) is -1.43. The molecule has 3 aliphatic carbocycles. The van der Waals surface area contributed by atoms with Crippen LogP contribution in [-0.2, 0) is 19.2 Å². The van der Waals surface area contributed by atoms with Crippen LogP contribution in [0.4, 0.5) is 0 Å². The number of carbonyl (C=O) groups excluding carboxylic acids is 4.